The first-order valence-corrected chi connectivity index (χ1v) is 10.1. The van der Waals surface area contributed by atoms with Gasteiger partial charge in [-0.25, -0.2) is 4.79 Å². The number of nitrogens with one attached hydrogen (secondary N) is 1. The van der Waals surface area contributed by atoms with E-state index in [9.17, 15) is 9.59 Å². The van der Waals surface area contributed by atoms with E-state index in [-0.39, 0.29) is 11.9 Å². The quantitative estimate of drug-likeness (QED) is 0.642. The lowest BCUT2D eigenvalue weighted by atomic mass is 10.1. The van der Waals surface area contributed by atoms with Crippen LogP contribution in [0.4, 0.5) is 0 Å². The van der Waals surface area contributed by atoms with Gasteiger partial charge < -0.3 is 10.1 Å². The second kappa shape index (κ2) is 7.32. The van der Waals surface area contributed by atoms with Crippen molar-refractivity contribution in [3.8, 4) is 0 Å². The molecule has 5 nitrogen and oxygen atoms in total. The molecule has 1 amide bonds. The van der Waals surface area contributed by atoms with E-state index in [1.807, 2.05) is 60.7 Å². The Morgan fingerprint density at radius 2 is 1.69 bits per heavy atom. The monoisotopic (exact) mass is 386 g/mol. The van der Waals surface area contributed by atoms with Crippen LogP contribution in [0, 0.1) is 0 Å². The lowest BCUT2D eigenvalue weighted by molar-refractivity contribution is -0.130. The summed E-state index contributed by atoms with van der Waals surface area (Å²) < 4.78 is 5.80. The van der Waals surface area contributed by atoms with Crippen LogP contribution in [0.2, 0.25) is 0 Å². The number of carbonyl (C=O) groups is 2. The van der Waals surface area contributed by atoms with Crippen molar-refractivity contribution in [1.29, 1.82) is 0 Å². The number of carbonyl (C=O) groups excluding carboxylic acids is 2. The standard InChI is InChI=1S/C24H22N2O3/c27-23(25-17-12-13-17)22(16-6-2-1-3-7-16)29-24(28)19-14-21(15-10-11-15)26-20-9-5-4-8-18(19)20/h1-9,14-15,17,22H,10-13H2,(H,25,27)/t22-/m0/s1. The van der Waals surface area contributed by atoms with Crippen molar-refractivity contribution in [2.75, 3.05) is 0 Å². The second-order valence-corrected chi connectivity index (χ2v) is 7.86. The summed E-state index contributed by atoms with van der Waals surface area (Å²) in [6.07, 6.45) is 3.16. The first-order valence-electron chi connectivity index (χ1n) is 10.1. The molecule has 5 heteroatoms. The Kier molecular flexibility index (Phi) is 4.51. The van der Waals surface area contributed by atoms with Gasteiger partial charge in [0.25, 0.3) is 5.91 Å². The number of esters is 1. The molecule has 1 heterocycles. The van der Waals surface area contributed by atoms with Crippen molar-refractivity contribution in [2.45, 2.75) is 43.7 Å². The molecule has 1 N–H and O–H groups in total. The Hall–Kier alpha value is -3.21. The molecular formula is C24H22N2O3. The number of para-hydroxylation sites is 1. The number of pyridine rings is 1. The fourth-order valence-corrected chi connectivity index (χ4v) is 3.53. The van der Waals surface area contributed by atoms with Crippen LogP contribution in [0.5, 0.6) is 0 Å². The van der Waals surface area contributed by atoms with E-state index < -0.39 is 12.1 Å². The Morgan fingerprint density at radius 1 is 0.966 bits per heavy atom. The average Bonchev–Trinajstić information content (AvgIpc) is 3.66. The zero-order chi connectivity index (χ0) is 19.8. The van der Waals surface area contributed by atoms with Gasteiger partial charge in [-0.1, -0.05) is 48.5 Å². The van der Waals surface area contributed by atoms with Gasteiger partial charge in [-0.15, -0.1) is 0 Å². The van der Waals surface area contributed by atoms with Gasteiger partial charge in [-0.3, -0.25) is 9.78 Å². The number of nitrogens with zero attached hydrogens (tertiary/aromatic N) is 1. The summed E-state index contributed by atoms with van der Waals surface area (Å²) in [5.74, 6) is -0.354. The third kappa shape index (κ3) is 3.86. The minimum Gasteiger partial charge on any atom is -0.444 e. The predicted molar refractivity (Wildman–Crippen MR) is 109 cm³/mol. The molecule has 146 valence electrons. The van der Waals surface area contributed by atoms with Crippen LogP contribution < -0.4 is 5.32 Å². The first-order chi connectivity index (χ1) is 14.2. The Balaban J connectivity index is 1.49. The van der Waals surface area contributed by atoms with Crippen LogP contribution in [-0.4, -0.2) is 22.9 Å². The molecule has 2 aromatic carbocycles. The molecule has 0 aliphatic heterocycles. The fourth-order valence-electron chi connectivity index (χ4n) is 3.53. The number of aromatic nitrogens is 1. The maximum Gasteiger partial charge on any atom is 0.340 e. The zero-order valence-corrected chi connectivity index (χ0v) is 16.0. The molecule has 1 aromatic heterocycles. The van der Waals surface area contributed by atoms with Gasteiger partial charge >= 0.3 is 5.97 Å². The highest BCUT2D eigenvalue weighted by atomic mass is 16.5. The minimum atomic E-state index is -0.972. The van der Waals surface area contributed by atoms with E-state index in [2.05, 4.69) is 5.32 Å². The molecule has 29 heavy (non-hydrogen) atoms. The number of amides is 1. The van der Waals surface area contributed by atoms with Crippen molar-refractivity contribution in [2.24, 2.45) is 0 Å². The molecule has 2 fully saturated rings. The van der Waals surface area contributed by atoms with E-state index >= 15 is 0 Å². The highest BCUT2D eigenvalue weighted by molar-refractivity contribution is 6.04. The maximum absolute atomic E-state index is 13.2. The van der Waals surface area contributed by atoms with Crippen molar-refractivity contribution in [1.82, 2.24) is 10.3 Å². The van der Waals surface area contributed by atoms with Gasteiger partial charge in [0.15, 0.2) is 0 Å². The summed E-state index contributed by atoms with van der Waals surface area (Å²) in [6, 6.07) is 18.8. The topological polar surface area (TPSA) is 68.3 Å². The zero-order valence-electron chi connectivity index (χ0n) is 16.0. The molecule has 3 aromatic rings. The molecule has 2 saturated carbocycles. The molecule has 1 atom stereocenters. The number of benzene rings is 2. The smallest absolute Gasteiger partial charge is 0.340 e. The summed E-state index contributed by atoms with van der Waals surface area (Å²) in [6.45, 7) is 0. The molecule has 0 spiro atoms. The summed E-state index contributed by atoms with van der Waals surface area (Å²) in [5.41, 5.74) is 2.84. The Labute approximate surface area is 169 Å². The third-order valence-corrected chi connectivity index (χ3v) is 5.44. The van der Waals surface area contributed by atoms with E-state index in [0.717, 1.165) is 42.3 Å². The number of hydrogen-bond acceptors (Lipinski definition) is 4. The van der Waals surface area contributed by atoms with Crippen molar-refractivity contribution in [3.05, 3.63) is 77.5 Å². The van der Waals surface area contributed by atoms with E-state index in [0.29, 0.717) is 17.0 Å². The fraction of sp³-hybridized carbons (Fsp3) is 0.292. The second-order valence-electron chi connectivity index (χ2n) is 7.86. The molecule has 0 bridgehead atoms. The maximum atomic E-state index is 13.2. The normalized spacial score (nSPS) is 17.0. The van der Waals surface area contributed by atoms with Crippen LogP contribution in [0.25, 0.3) is 10.9 Å². The van der Waals surface area contributed by atoms with Crippen LogP contribution >= 0.6 is 0 Å². The third-order valence-electron chi connectivity index (χ3n) is 5.44. The summed E-state index contributed by atoms with van der Waals surface area (Å²) in [4.78, 5) is 30.7. The highest BCUT2D eigenvalue weighted by Gasteiger charge is 2.32. The van der Waals surface area contributed by atoms with Crippen LogP contribution in [-0.2, 0) is 9.53 Å². The van der Waals surface area contributed by atoms with E-state index in [1.54, 1.807) is 0 Å². The van der Waals surface area contributed by atoms with Gasteiger partial charge in [0.2, 0.25) is 6.10 Å². The van der Waals surface area contributed by atoms with E-state index in [4.69, 9.17) is 9.72 Å². The van der Waals surface area contributed by atoms with Gasteiger partial charge in [-0.05, 0) is 37.8 Å². The minimum absolute atomic E-state index is 0.190. The molecule has 0 radical (unpaired) electrons. The van der Waals surface area contributed by atoms with Crippen LogP contribution in [0.1, 0.15) is 59.3 Å². The summed E-state index contributed by atoms with van der Waals surface area (Å²) >= 11 is 0. The van der Waals surface area contributed by atoms with Crippen molar-refractivity contribution < 1.29 is 14.3 Å². The summed E-state index contributed by atoms with van der Waals surface area (Å²) in [5, 5.41) is 3.70. The van der Waals surface area contributed by atoms with Gasteiger partial charge in [0.1, 0.15) is 0 Å². The molecule has 5 rings (SSSR count). The highest BCUT2D eigenvalue weighted by Crippen LogP contribution is 2.40. The number of rotatable bonds is 6. The number of hydrogen-bond donors (Lipinski definition) is 1. The lowest BCUT2D eigenvalue weighted by Gasteiger charge is -2.19. The van der Waals surface area contributed by atoms with Crippen LogP contribution in [0.15, 0.2) is 60.7 Å². The Morgan fingerprint density at radius 3 is 2.41 bits per heavy atom. The first kappa shape index (κ1) is 17.9. The largest absolute Gasteiger partial charge is 0.444 e. The number of ether oxygens (including phenoxy) is 1. The van der Waals surface area contributed by atoms with Gasteiger partial charge in [-0.2, -0.15) is 0 Å². The van der Waals surface area contributed by atoms with E-state index in [1.165, 1.54) is 0 Å². The number of fused-ring (bicyclic) bond motifs is 1. The average molecular weight is 386 g/mol. The van der Waals surface area contributed by atoms with Crippen molar-refractivity contribution in [3.63, 3.8) is 0 Å². The Bertz CT molecular complexity index is 1070. The summed E-state index contributed by atoms with van der Waals surface area (Å²) in [7, 11) is 0. The van der Waals surface area contributed by atoms with Crippen molar-refractivity contribution >= 4 is 22.8 Å². The molecule has 0 unspecified atom stereocenters. The lowest BCUT2D eigenvalue weighted by Crippen LogP contribution is -2.33. The molecule has 2 aliphatic rings. The van der Waals surface area contributed by atoms with Gasteiger partial charge in [0.05, 0.1) is 11.1 Å². The molecule has 2 aliphatic carbocycles. The van der Waals surface area contributed by atoms with Gasteiger partial charge in [0, 0.05) is 28.6 Å². The molecule has 0 saturated heterocycles. The molecular weight excluding hydrogens is 364 g/mol. The van der Waals surface area contributed by atoms with Crippen LogP contribution in [0.3, 0.4) is 0 Å². The predicted octanol–water partition coefficient (Wildman–Crippen LogP) is 4.29. The SMILES string of the molecule is O=C(O[C@H](C(=O)NC1CC1)c1ccccc1)c1cc(C2CC2)nc2ccccc12.